The Morgan fingerprint density at radius 2 is 2.23 bits per heavy atom. The predicted octanol–water partition coefficient (Wildman–Crippen LogP) is 0.823. The molecular weight excluding hydrogens is 290 g/mol. The molecule has 22 heavy (non-hydrogen) atoms. The molecule has 0 aliphatic heterocycles. The van der Waals surface area contributed by atoms with Gasteiger partial charge in [-0.3, -0.25) is 9.59 Å². The molecule has 0 radical (unpaired) electrons. The van der Waals surface area contributed by atoms with Gasteiger partial charge < -0.3 is 24.2 Å². The molecule has 1 rings (SSSR count). The van der Waals surface area contributed by atoms with Crippen LogP contribution in [0.4, 0.5) is 5.82 Å². The lowest BCUT2D eigenvalue weighted by atomic mass is 10.3. The minimum Gasteiger partial charge on any atom is -0.382 e. The summed E-state index contributed by atoms with van der Waals surface area (Å²) in [4.78, 5) is 25.4. The summed E-state index contributed by atoms with van der Waals surface area (Å²) < 4.78 is 14.9. The summed E-state index contributed by atoms with van der Waals surface area (Å²) in [5.41, 5.74) is 0. The standard InChI is InChI=1S/C14H23N3O5/c1-4-21-7-5-6-17(14(19)10-20-3)9-13(18)15-12-8-11(2)22-16-12/h8H,4-7,9-10H2,1-3H3,(H,15,16,18). The maximum absolute atomic E-state index is 12.0. The van der Waals surface area contributed by atoms with Crippen molar-refractivity contribution in [1.82, 2.24) is 10.1 Å². The van der Waals surface area contributed by atoms with Gasteiger partial charge in [0.1, 0.15) is 12.4 Å². The molecule has 1 aromatic heterocycles. The van der Waals surface area contributed by atoms with Crippen LogP contribution in [-0.4, -0.2) is 61.9 Å². The van der Waals surface area contributed by atoms with E-state index < -0.39 is 0 Å². The van der Waals surface area contributed by atoms with E-state index in [0.717, 1.165) is 0 Å². The molecule has 1 N–H and O–H groups in total. The van der Waals surface area contributed by atoms with Gasteiger partial charge in [-0.05, 0) is 20.3 Å². The Kier molecular flexibility index (Phi) is 8.16. The summed E-state index contributed by atoms with van der Waals surface area (Å²) in [7, 11) is 1.44. The largest absolute Gasteiger partial charge is 0.382 e. The zero-order chi connectivity index (χ0) is 16.4. The van der Waals surface area contributed by atoms with E-state index in [1.807, 2.05) is 6.92 Å². The fourth-order valence-electron chi connectivity index (χ4n) is 1.79. The highest BCUT2D eigenvalue weighted by Crippen LogP contribution is 2.07. The molecule has 124 valence electrons. The third kappa shape index (κ3) is 6.68. The zero-order valence-corrected chi connectivity index (χ0v) is 13.3. The SMILES string of the molecule is CCOCCCN(CC(=O)Nc1cc(C)on1)C(=O)COC. The predicted molar refractivity (Wildman–Crippen MR) is 79.4 cm³/mol. The van der Waals surface area contributed by atoms with Crippen LogP contribution in [0, 0.1) is 6.92 Å². The van der Waals surface area contributed by atoms with Gasteiger partial charge in [-0.2, -0.15) is 0 Å². The Morgan fingerprint density at radius 3 is 2.82 bits per heavy atom. The summed E-state index contributed by atoms with van der Waals surface area (Å²) >= 11 is 0. The molecule has 2 amide bonds. The summed E-state index contributed by atoms with van der Waals surface area (Å²) in [6, 6.07) is 1.61. The van der Waals surface area contributed by atoms with E-state index in [2.05, 4.69) is 10.5 Å². The van der Waals surface area contributed by atoms with Crippen LogP contribution in [0.5, 0.6) is 0 Å². The van der Waals surface area contributed by atoms with Gasteiger partial charge in [0.05, 0.1) is 6.54 Å². The Balaban J connectivity index is 2.50. The summed E-state index contributed by atoms with van der Waals surface area (Å²) in [6.45, 7) is 5.08. The minimum atomic E-state index is -0.339. The minimum absolute atomic E-state index is 0.0645. The number of anilines is 1. The van der Waals surface area contributed by atoms with E-state index >= 15 is 0 Å². The van der Waals surface area contributed by atoms with E-state index in [9.17, 15) is 9.59 Å². The lowest BCUT2D eigenvalue weighted by Gasteiger charge is -2.21. The van der Waals surface area contributed by atoms with Gasteiger partial charge in [0, 0.05) is 32.9 Å². The van der Waals surface area contributed by atoms with Crippen LogP contribution < -0.4 is 5.32 Å². The van der Waals surface area contributed by atoms with E-state index in [4.69, 9.17) is 14.0 Å². The Bertz CT molecular complexity index is 475. The van der Waals surface area contributed by atoms with Crippen LogP contribution >= 0.6 is 0 Å². The first-order valence-electron chi connectivity index (χ1n) is 7.14. The maximum atomic E-state index is 12.0. The molecule has 0 atom stereocenters. The Labute approximate surface area is 129 Å². The van der Waals surface area contributed by atoms with Gasteiger partial charge in [-0.25, -0.2) is 0 Å². The highest BCUT2D eigenvalue weighted by Gasteiger charge is 2.17. The number of methoxy groups -OCH3 is 1. The van der Waals surface area contributed by atoms with Gasteiger partial charge >= 0.3 is 0 Å². The third-order valence-corrected chi connectivity index (χ3v) is 2.77. The van der Waals surface area contributed by atoms with Crippen molar-refractivity contribution in [1.29, 1.82) is 0 Å². The first-order chi connectivity index (χ1) is 10.6. The fraction of sp³-hybridized carbons (Fsp3) is 0.643. The van der Waals surface area contributed by atoms with Crippen molar-refractivity contribution >= 4 is 17.6 Å². The number of ether oxygens (including phenoxy) is 2. The molecule has 0 fully saturated rings. The summed E-state index contributed by atoms with van der Waals surface area (Å²) in [5, 5.41) is 6.26. The number of aryl methyl sites for hydroxylation is 1. The van der Waals surface area contributed by atoms with Gasteiger partial charge in [0.15, 0.2) is 5.82 Å². The third-order valence-electron chi connectivity index (χ3n) is 2.77. The van der Waals surface area contributed by atoms with Gasteiger partial charge in [-0.1, -0.05) is 5.16 Å². The molecule has 1 aromatic rings. The molecule has 1 heterocycles. The molecule has 0 bridgehead atoms. The monoisotopic (exact) mass is 313 g/mol. The van der Waals surface area contributed by atoms with Crippen molar-refractivity contribution in [2.75, 3.05) is 45.3 Å². The van der Waals surface area contributed by atoms with E-state index in [-0.39, 0.29) is 25.0 Å². The summed E-state index contributed by atoms with van der Waals surface area (Å²) in [6.07, 6.45) is 0.652. The topological polar surface area (TPSA) is 93.9 Å². The lowest BCUT2D eigenvalue weighted by molar-refractivity contribution is -0.138. The van der Waals surface area contributed by atoms with Crippen molar-refractivity contribution in [3.05, 3.63) is 11.8 Å². The molecule has 0 aliphatic carbocycles. The average Bonchev–Trinajstić information content (AvgIpc) is 2.87. The van der Waals surface area contributed by atoms with Crippen LogP contribution in [0.25, 0.3) is 0 Å². The van der Waals surface area contributed by atoms with Crippen molar-refractivity contribution in [3.63, 3.8) is 0 Å². The van der Waals surface area contributed by atoms with Crippen LogP contribution in [0.2, 0.25) is 0 Å². The maximum Gasteiger partial charge on any atom is 0.249 e. The number of amides is 2. The van der Waals surface area contributed by atoms with Crippen LogP contribution in [-0.2, 0) is 19.1 Å². The number of nitrogens with zero attached hydrogens (tertiary/aromatic N) is 2. The van der Waals surface area contributed by atoms with E-state index in [1.54, 1.807) is 13.0 Å². The van der Waals surface area contributed by atoms with Crippen LogP contribution in [0.3, 0.4) is 0 Å². The molecule has 8 nitrogen and oxygen atoms in total. The number of hydrogen-bond donors (Lipinski definition) is 1. The number of carbonyl (C=O) groups excluding carboxylic acids is 2. The second-order valence-corrected chi connectivity index (χ2v) is 4.67. The molecule has 0 spiro atoms. The molecule has 0 saturated carbocycles. The lowest BCUT2D eigenvalue weighted by Crippen LogP contribution is -2.40. The Morgan fingerprint density at radius 1 is 1.45 bits per heavy atom. The molecule has 0 aromatic carbocycles. The van der Waals surface area contributed by atoms with Crippen LogP contribution in [0.1, 0.15) is 19.1 Å². The highest BCUT2D eigenvalue weighted by molar-refractivity contribution is 5.93. The number of rotatable bonds is 10. The van der Waals surface area contributed by atoms with Crippen LogP contribution in [0.15, 0.2) is 10.6 Å². The Hall–Kier alpha value is -1.93. The number of hydrogen-bond acceptors (Lipinski definition) is 6. The zero-order valence-electron chi connectivity index (χ0n) is 13.3. The second kappa shape index (κ2) is 9.91. The molecule has 8 heteroatoms. The number of carbonyl (C=O) groups is 2. The van der Waals surface area contributed by atoms with E-state index in [0.29, 0.717) is 37.8 Å². The van der Waals surface area contributed by atoms with Gasteiger partial charge in [0.2, 0.25) is 11.8 Å². The van der Waals surface area contributed by atoms with Gasteiger partial charge in [0.25, 0.3) is 0 Å². The highest BCUT2D eigenvalue weighted by atomic mass is 16.5. The summed E-state index contributed by atoms with van der Waals surface area (Å²) in [5.74, 6) is 0.343. The molecular formula is C14H23N3O5. The van der Waals surface area contributed by atoms with E-state index in [1.165, 1.54) is 12.0 Å². The smallest absolute Gasteiger partial charge is 0.249 e. The number of nitrogens with one attached hydrogen (secondary N) is 1. The van der Waals surface area contributed by atoms with Gasteiger partial charge in [-0.15, -0.1) is 0 Å². The number of aromatic nitrogens is 1. The molecule has 0 aliphatic rings. The first kappa shape index (κ1) is 18.1. The average molecular weight is 313 g/mol. The van der Waals surface area contributed by atoms with Crippen molar-refractivity contribution in [3.8, 4) is 0 Å². The van der Waals surface area contributed by atoms with Crippen molar-refractivity contribution < 1.29 is 23.6 Å². The van der Waals surface area contributed by atoms with Crippen molar-refractivity contribution in [2.24, 2.45) is 0 Å². The molecule has 0 unspecified atom stereocenters. The fourth-order valence-corrected chi connectivity index (χ4v) is 1.79. The first-order valence-corrected chi connectivity index (χ1v) is 7.14. The normalized spacial score (nSPS) is 10.5. The second-order valence-electron chi connectivity index (χ2n) is 4.67. The molecule has 0 saturated heterocycles. The quantitative estimate of drug-likeness (QED) is 0.643. The van der Waals surface area contributed by atoms with Crippen molar-refractivity contribution in [2.45, 2.75) is 20.3 Å².